The summed E-state index contributed by atoms with van der Waals surface area (Å²) in [6.07, 6.45) is -6.25. The van der Waals surface area contributed by atoms with Crippen molar-refractivity contribution in [3.8, 4) is 16.9 Å². The van der Waals surface area contributed by atoms with Gasteiger partial charge in [0, 0.05) is 11.3 Å². The van der Waals surface area contributed by atoms with Crippen LogP contribution in [0.4, 0.5) is 5.69 Å². The molecule has 2 heterocycles. The van der Waals surface area contributed by atoms with E-state index in [1.54, 1.807) is 41.3 Å². The summed E-state index contributed by atoms with van der Waals surface area (Å²) in [5.74, 6) is -0.431. The molecule has 0 bridgehead atoms. The van der Waals surface area contributed by atoms with Crippen LogP contribution in [0.25, 0.3) is 11.1 Å². The molecular weight excluding hydrogens is 574 g/mol. The molecule has 0 spiro atoms. The number of rotatable bonds is 9. The number of phenolic OH excluding ortho intramolecular Hbond substituents is 1. The molecule has 4 aromatic rings. The van der Waals surface area contributed by atoms with Gasteiger partial charge in [-0.2, -0.15) is 0 Å². The van der Waals surface area contributed by atoms with E-state index in [2.05, 4.69) is 0 Å². The lowest BCUT2D eigenvalue weighted by Gasteiger charge is -2.48. The zero-order valence-corrected chi connectivity index (χ0v) is 24.5. The van der Waals surface area contributed by atoms with Crippen LogP contribution < -0.4 is 4.90 Å². The third kappa shape index (κ3) is 5.98. The molecule has 9 heteroatoms. The Morgan fingerprint density at radius 1 is 0.778 bits per heavy atom. The Hall–Kier alpha value is -4.09. The molecular formula is C36H37NO8. The van der Waals surface area contributed by atoms with Crippen molar-refractivity contribution in [3.63, 3.8) is 0 Å². The first-order chi connectivity index (χ1) is 21.8. The van der Waals surface area contributed by atoms with Gasteiger partial charge in [-0.25, -0.2) is 0 Å². The Morgan fingerprint density at radius 2 is 1.49 bits per heavy atom. The lowest BCUT2D eigenvalue weighted by atomic mass is 9.78. The molecule has 6 rings (SSSR count). The molecule has 0 aromatic heterocycles. The Bertz CT molecular complexity index is 1610. The van der Waals surface area contributed by atoms with Crippen LogP contribution >= 0.6 is 0 Å². The molecule has 2 fully saturated rings. The fraction of sp³-hybridized carbons (Fsp3) is 0.306. The Morgan fingerprint density at radius 3 is 2.18 bits per heavy atom. The van der Waals surface area contributed by atoms with Crippen molar-refractivity contribution in [2.45, 2.75) is 55.5 Å². The van der Waals surface area contributed by atoms with Crippen molar-refractivity contribution in [1.82, 2.24) is 0 Å². The number of para-hydroxylation sites is 1. The van der Waals surface area contributed by atoms with E-state index in [1.165, 1.54) is 0 Å². The van der Waals surface area contributed by atoms with Crippen LogP contribution in [0.3, 0.4) is 0 Å². The molecule has 6 N–H and O–H groups in total. The summed E-state index contributed by atoms with van der Waals surface area (Å²) in [6, 6.07) is 30.6. The van der Waals surface area contributed by atoms with Gasteiger partial charge in [-0.1, -0.05) is 78.9 Å². The topological polar surface area (TPSA) is 151 Å². The summed E-state index contributed by atoms with van der Waals surface area (Å²) in [7, 11) is 0. The number of anilines is 1. The minimum atomic E-state index is -1.50. The SMILES string of the molecule is O=C1[C@H](CC[C@H](O)c2ccccc2)[C@@H](c2ccc(-c3cccc([C@@H]4O[C@H](CO)[C@@H](O)[C@H](O)[C@H]4O)c3)c(O)c2)N1c1ccccc1. The van der Waals surface area contributed by atoms with Crippen LogP contribution in [0.15, 0.2) is 103 Å². The number of carbonyl (C=O) groups is 1. The van der Waals surface area contributed by atoms with E-state index in [0.717, 1.165) is 16.8 Å². The maximum atomic E-state index is 13.5. The number of nitrogens with zero attached hydrogens (tertiary/aromatic N) is 1. The number of ether oxygens (including phenoxy) is 1. The molecule has 4 aromatic carbocycles. The second-order valence-electron chi connectivity index (χ2n) is 11.8. The van der Waals surface area contributed by atoms with Crippen molar-refractivity contribution in [3.05, 3.63) is 120 Å². The smallest absolute Gasteiger partial charge is 0.233 e. The molecule has 2 saturated heterocycles. The fourth-order valence-corrected chi connectivity index (χ4v) is 6.50. The molecule has 1 amide bonds. The molecule has 0 radical (unpaired) electrons. The predicted molar refractivity (Wildman–Crippen MR) is 167 cm³/mol. The fourth-order valence-electron chi connectivity index (χ4n) is 6.50. The first-order valence-corrected chi connectivity index (χ1v) is 15.1. The summed E-state index contributed by atoms with van der Waals surface area (Å²) in [5.41, 5.74) is 3.95. The van der Waals surface area contributed by atoms with E-state index in [1.807, 2.05) is 66.7 Å². The number of phenols is 1. The number of carbonyl (C=O) groups excluding carboxylic acids is 1. The number of aliphatic hydroxyl groups is 5. The van der Waals surface area contributed by atoms with E-state index in [9.17, 15) is 35.4 Å². The second-order valence-corrected chi connectivity index (χ2v) is 11.8. The number of β-lactam (4-membered cyclic amide) rings is 1. The van der Waals surface area contributed by atoms with Gasteiger partial charge in [-0.05, 0) is 59.4 Å². The molecule has 0 unspecified atom stereocenters. The second kappa shape index (κ2) is 13.1. The van der Waals surface area contributed by atoms with E-state index < -0.39 is 43.2 Å². The van der Waals surface area contributed by atoms with Gasteiger partial charge in [-0.15, -0.1) is 0 Å². The molecule has 45 heavy (non-hydrogen) atoms. The van der Waals surface area contributed by atoms with Crippen LogP contribution in [-0.4, -0.2) is 67.6 Å². The molecule has 8 atom stereocenters. The highest BCUT2D eigenvalue weighted by Crippen LogP contribution is 2.48. The quantitative estimate of drug-likeness (QED) is 0.157. The maximum absolute atomic E-state index is 13.5. The molecule has 2 aliphatic rings. The first-order valence-electron chi connectivity index (χ1n) is 15.1. The van der Waals surface area contributed by atoms with E-state index in [4.69, 9.17) is 4.74 Å². The van der Waals surface area contributed by atoms with Crippen molar-refractivity contribution in [2.75, 3.05) is 11.5 Å². The summed E-state index contributed by atoms with van der Waals surface area (Å²) in [5, 5.41) is 62.7. The average Bonchev–Trinajstić information content (AvgIpc) is 3.07. The van der Waals surface area contributed by atoms with Crippen LogP contribution in [0.1, 0.15) is 47.8 Å². The van der Waals surface area contributed by atoms with Gasteiger partial charge in [0.15, 0.2) is 0 Å². The Labute approximate surface area is 261 Å². The zero-order valence-electron chi connectivity index (χ0n) is 24.5. The number of aromatic hydroxyl groups is 1. The number of hydrogen-bond donors (Lipinski definition) is 6. The van der Waals surface area contributed by atoms with Gasteiger partial charge in [0.05, 0.1) is 24.7 Å². The van der Waals surface area contributed by atoms with E-state index in [0.29, 0.717) is 29.5 Å². The highest BCUT2D eigenvalue weighted by molar-refractivity contribution is 6.03. The maximum Gasteiger partial charge on any atom is 0.233 e. The summed E-state index contributed by atoms with van der Waals surface area (Å²) < 4.78 is 5.73. The van der Waals surface area contributed by atoms with E-state index in [-0.39, 0.29) is 23.6 Å². The summed E-state index contributed by atoms with van der Waals surface area (Å²) >= 11 is 0. The molecule has 2 aliphatic heterocycles. The van der Waals surface area contributed by atoms with Gasteiger partial charge >= 0.3 is 0 Å². The third-order valence-electron chi connectivity index (χ3n) is 8.97. The lowest BCUT2D eigenvalue weighted by Crippen LogP contribution is -2.55. The van der Waals surface area contributed by atoms with Crippen LogP contribution in [0.5, 0.6) is 5.75 Å². The standard InChI is InChI=1S/C36H37NO8/c38-20-30-32(41)33(42)34(43)35(45-30)24-11-7-10-22(18-24)26-15-14-23(19-29(26)40)31-27(16-17-28(39)21-8-3-1-4-9-21)36(44)37(31)25-12-5-2-6-13-25/h1-15,18-19,27-28,30-35,38-43H,16-17,20H2/t27-,28+,30-,31-,32-,33+,34-,35+/m1/s1. The lowest BCUT2D eigenvalue weighted by molar-refractivity contribution is -0.231. The summed E-state index contributed by atoms with van der Waals surface area (Å²) in [4.78, 5) is 15.2. The molecule has 0 saturated carbocycles. The van der Waals surface area contributed by atoms with E-state index >= 15 is 0 Å². The van der Waals surface area contributed by atoms with Crippen LogP contribution in [0, 0.1) is 5.92 Å². The minimum absolute atomic E-state index is 0.00566. The van der Waals surface area contributed by atoms with Gasteiger partial charge in [0.1, 0.15) is 36.3 Å². The predicted octanol–water partition coefficient (Wildman–Crippen LogP) is 3.79. The normalized spacial score (nSPS) is 27.2. The highest BCUT2D eigenvalue weighted by atomic mass is 16.5. The number of aliphatic hydroxyl groups excluding tert-OH is 5. The molecule has 9 nitrogen and oxygen atoms in total. The Kier molecular flexibility index (Phi) is 9.00. The van der Waals surface area contributed by atoms with Crippen molar-refractivity contribution in [1.29, 1.82) is 0 Å². The molecule has 234 valence electrons. The highest BCUT2D eigenvalue weighted by Gasteiger charge is 2.49. The number of amides is 1. The zero-order chi connectivity index (χ0) is 31.7. The molecule has 0 aliphatic carbocycles. The summed E-state index contributed by atoms with van der Waals surface area (Å²) in [6.45, 7) is -0.529. The average molecular weight is 612 g/mol. The largest absolute Gasteiger partial charge is 0.507 e. The van der Waals surface area contributed by atoms with Crippen molar-refractivity contribution < 1.29 is 40.2 Å². The van der Waals surface area contributed by atoms with Gasteiger partial charge in [0.2, 0.25) is 5.91 Å². The monoisotopic (exact) mass is 611 g/mol. The Balaban J connectivity index is 1.27. The van der Waals surface area contributed by atoms with Crippen molar-refractivity contribution >= 4 is 11.6 Å². The first kappa shape index (κ1) is 30.9. The van der Waals surface area contributed by atoms with Crippen LogP contribution in [0.2, 0.25) is 0 Å². The number of benzene rings is 4. The van der Waals surface area contributed by atoms with Crippen molar-refractivity contribution in [2.24, 2.45) is 5.92 Å². The van der Waals surface area contributed by atoms with Gasteiger partial charge in [-0.3, -0.25) is 4.79 Å². The minimum Gasteiger partial charge on any atom is -0.507 e. The number of hydrogen-bond acceptors (Lipinski definition) is 8. The third-order valence-corrected chi connectivity index (χ3v) is 8.97. The van der Waals surface area contributed by atoms with Gasteiger partial charge < -0.3 is 40.3 Å². The van der Waals surface area contributed by atoms with Crippen LogP contribution in [-0.2, 0) is 9.53 Å². The van der Waals surface area contributed by atoms with Gasteiger partial charge in [0.25, 0.3) is 0 Å².